The second-order valence-corrected chi connectivity index (χ2v) is 4.64. The molecule has 0 spiro atoms. The molecule has 1 aromatic carbocycles. The van der Waals surface area contributed by atoms with Crippen LogP contribution in [0.25, 0.3) is 11.2 Å². The number of nitrogens with one attached hydrogen (secondary N) is 2. The smallest absolute Gasteiger partial charge is 0.177 e. The number of aromatic nitrogens is 3. The first-order valence-corrected chi connectivity index (χ1v) is 6.36. The lowest BCUT2D eigenvalue weighted by Gasteiger charge is -2.05. The number of thiocarbonyl (C=S) groups is 1. The van der Waals surface area contributed by atoms with Crippen molar-refractivity contribution in [2.24, 2.45) is 0 Å². The van der Waals surface area contributed by atoms with Crippen LogP contribution in [0.2, 0.25) is 0 Å². The summed E-state index contributed by atoms with van der Waals surface area (Å²) in [6, 6.07) is 13.7. The Morgan fingerprint density at radius 1 is 1.16 bits per heavy atom. The molecule has 0 atom stereocenters. The summed E-state index contributed by atoms with van der Waals surface area (Å²) in [5.41, 5.74) is 2.64. The van der Waals surface area contributed by atoms with Crippen molar-refractivity contribution in [3.63, 3.8) is 0 Å². The normalized spacial score (nSPS) is 10.5. The van der Waals surface area contributed by atoms with Crippen LogP contribution in [-0.4, -0.2) is 19.9 Å². The van der Waals surface area contributed by atoms with Crippen molar-refractivity contribution < 1.29 is 0 Å². The molecule has 2 heterocycles. The Morgan fingerprint density at radius 2 is 2.00 bits per heavy atom. The van der Waals surface area contributed by atoms with Crippen LogP contribution < -0.4 is 5.32 Å². The Balaban J connectivity index is 1.72. The predicted octanol–water partition coefficient (Wildman–Crippen LogP) is 2.94. The highest BCUT2D eigenvalue weighted by atomic mass is 32.1. The van der Waals surface area contributed by atoms with E-state index in [4.69, 9.17) is 12.2 Å². The second-order valence-electron chi connectivity index (χ2n) is 4.15. The Morgan fingerprint density at radius 3 is 2.79 bits per heavy atom. The maximum absolute atomic E-state index is 5.33. The molecule has 5 heteroatoms. The Bertz CT molecular complexity index is 673. The number of fused-ring (bicyclic) bond motifs is 1. The molecule has 0 aliphatic carbocycles. The molecule has 0 aliphatic rings. The third kappa shape index (κ3) is 2.77. The van der Waals surface area contributed by atoms with E-state index in [1.54, 1.807) is 6.20 Å². The predicted molar refractivity (Wildman–Crippen MR) is 80.3 cm³/mol. The number of pyridine rings is 1. The molecule has 2 N–H and O–H groups in total. The first kappa shape index (κ1) is 11.8. The molecule has 0 saturated heterocycles. The fourth-order valence-corrected chi connectivity index (χ4v) is 2.11. The van der Waals surface area contributed by atoms with E-state index in [-0.39, 0.29) is 0 Å². The van der Waals surface area contributed by atoms with Crippen LogP contribution in [0, 0.1) is 0 Å². The van der Waals surface area contributed by atoms with E-state index in [0.29, 0.717) is 6.42 Å². The lowest BCUT2D eigenvalue weighted by atomic mass is 10.3. The van der Waals surface area contributed by atoms with Gasteiger partial charge < -0.3 is 10.3 Å². The van der Waals surface area contributed by atoms with Gasteiger partial charge in [-0.25, -0.2) is 9.97 Å². The van der Waals surface area contributed by atoms with E-state index in [2.05, 4.69) is 20.3 Å². The second kappa shape index (κ2) is 5.16. The molecule has 0 bridgehead atoms. The monoisotopic (exact) mass is 268 g/mol. The van der Waals surface area contributed by atoms with Crippen LogP contribution in [0.4, 0.5) is 5.69 Å². The molecule has 3 aromatic rings. The van der Waals surface area contributed by atoms with Crippen molar-refractivity contribution in [3.8, 4) is 0 Å². The summed E-state index contributed by atoms with van der Waals surface area (Å²) in [6.45, 7) is 0. The van der Waals surface area contributed by atoms with E-state index in [1.807, 2.05) is 42.5 Å². The third-order valence-corrected chi connectivity index (χ3v) is 2.94. The topological polar surface area (TPSA) is 53.6 Å². The van der Waals surface area contributed by atoms with Crippen LogP contribution in [0.1, 0.15) is 5.82 Å². The van der Waals surface area contributed by atoms with Crippen molar-refractivity contribution in [1.29, 1.82) is 0 Å². The molecule has 0 fully saturated rings. The summed E-state index contributed by atoms with van der Waals surface area (Å²) >= 11 is 5.33. The highest BCUT2D eigenvalue weighted by Gasteiger charge is 2.06. The molecular formula is C14H12N4S. The molecule has 94 valence electrons. The van der Waals surface area contributed by atoms with Crippen LogP contribution in [-0.2, 0) is 6.42 Å². The largest absolute Gasteiger partial charge is 0.350 e. The van der Waals surface area contributed by atoms with E-state index < -0.39 is 0 Å². The zero-order valence-corrected chi connectivity index (χ0v) is 10.9. The van der Waals surface area contributed by atoms with E-state index in [0.717, 1.165) is 27.7 Å². The maximum Gasteiger partial charge on any atom is 0.177 e. The molecule has 2 aromatic heterocycles. The van der Waals surface area contributed by atoms with Gasteiger partial charge in [-0.2, -0.15) is 0 Å². The van der Waals surface area contributed by atoms with Crippen molar-refractivity contribution in [1.82, 2.24) is 15.0 Å². The molecule has 3 rings (SSSR count). The van der Waals surface area contributed by atoms with E-state index in [9.17, 15) is 0 Å². The Labute approximate surface area is 115 Å². The van der Waals surface area contributed by atoms with Crippen molar-refractivity contribution in [2.75, 3.05) is 5.32 Å². The van der Waals surface area contributed by atoms with Gasteiger partial charge in [-0.1, -0.05) is 30.4 Å². The summed E-state index contributed by atoms with van der Waals surface area (Å²) in [6.07, 6.45) is 2.30. The number of benzene rings is 1. The number of imidazole rings is 1. The van der Waals surface area contributed by atoms with Gasteiger partial charge in [0.2, 0.25) is 0 Å². The SMILES string of the molecule is S=C(Cc1nc2ncccc2[nH]1)Nc1ccccc1. The van der Waals surface area contributed by atoms with Crippen molar-refractivity contribution >= 4 is 34.1 Å². The average Bonchev–Trinajstić information content (AvgIpc) is 2.81. The van der Waals surface area contributed by atoms with Gasteiger partial charge in [-0.15, -0.1) is 0 Å². The standard InChI is InChI=1S/C14H12N4S/c19-13(16-10-5-2-1-3-6-10)9-12-17-11-7-4-8-15-14(11)18-12/h1-8H,9H2,(H,16,19)(H,15,17,18). The minimum atomic E-state index is 0.570. The molecule has 0 unspecified atom stereocenters. The maximum atomic E-state index is 5.33. The first-order valence-electron chi connectivity index (χ1n) is 5.96. The minimum absolute atomic E-state index is 0.570. The average molecular weight is 268 g/mol. The van der Waals surface area contributed by atoms with Gasteiger partial charge in [0.1, 0.15) is 5.82 Å². The van der Waals surface area contributed by atoms with Crippen LogP contribution >= 0.6 is 12.2 Å². The molecule has 4 nitrogen and oxygen atoms in total. The molecule has 0 saturated carbocycles. The number of hydrogen-bond acceptors (Lipinski definition) is 3. The summed E-state index contributed by atoms with van der Waals surface area (Å²) in [5.74, 6) is 0.821. The zero-order valence-electron chi connectivity index (χ0n) is 10.1. The van der Waals surface area contributed by atoms with Crippen molar-refractivity contribution in [2.45, 2.75) is 6.42 Å². The molecule has 19 heavy (non-hydrogen) atoms. The summed E-state index contributed by atoms with van der Waals surface area (Å²) in [7, 11) is 0. The first-order chi connectivity index (χ1) is 9.31. The van der Waals surface area contributed by atoms with Gasteiger partial charge in [-0.3, -0.25) is 0 Å². The third-order valence-electron chi connectivity index (χ3n) is 2.69. The molecule has 0 radical (unpaired) electrons. The van der Waals surface area contributed by atoms with Crippen molar-refractivity contribution in [3.05, 3.63) is 54.5 Å². The number of H-pyrrole nitrogens is 1. The number of nitrogens with zero attached hydrogens (tertiary/aromatic N) is 2. The van der Waals surface area contributed by atoms with E-state index in [1.165, 1.54) is 0 Å². The minimum Gasteiger partial charge on any atom is -0.350 e. The van der Waals surface area contributed by atoms with Gasteiger partial charge in [0.15, 0.2) is 5.65 Å². The summed E-state index contributed by atoms with van der Waals surface area (Å²) < 4.78 is 0. The molecule has 0 aliphatic heterocycles. The summed E-state index contributed by atoms with van der Waals surface area (Å²) in [4.78, 5) is 12.5. The van der Waals surface area contributed by atoms with Crippen LogP contribution in [0.5, 0.6) is 0 Å². The molecule has 0 amide bonds. The molecular weight excluding hydrogens is 256 g/mol. The highest BCUT2D eigenvalue weighted by Crippen LogP contribution is 2.10. The van der Waals surface area contributed by atoms with Gasteiger partial charge in [0.05, 0.1) is 16.9 Å². The summed E-state index contributed by atoms with van der Waals surface area (Å²) in [5, 5.41) is 3.19. The van der Waals surface area contributed by atoms with Gasteiger partial charge in [0.25, 0.3) is 0 Å². The lowest BCUT2D eigenvalue weighted by Crippen LogP contribution is -2.12. The van der Waals surface area contributed by atoms with Gasteiger partial charge in [-0.05, 0) is 24.3 Å². The number of aromatic amines is 1. The number of anilines is 1. The number of para-hydroxylation sites is 1. The zero-order chi connectivity index (χ0) is 13.1. The lowest BCUT2D eigenvalue weighted by molar-refractivity contribution is 1.10. The van der Waals surface area contributed by atoms with Gasteiger partial charge >= 0.3 is 0 Å². The Kier molecular flexibility index (Phi) is 3.20. The quantitative estimate of drug-likeness (QED) is 0.717. The highest BCUT2D eigenvalue weighted by molar-refractivity contribution is 7.80. The van der Waals surface area contributed by atoms with Crippen LogP contribution in [0.15, 0.2) is 48.7 Å². The fourth-order valence-electron chi connectivity index (χ4n) is 1.86. The Hall–Kier alpha value is -2.27. The van der Waals surface area contributed by atoms with Gasteiger partial charge in [0, 0.05) is 11.9 Å². The number of hydrogen-bond donors (Lipinski definition) is 2. The fraction of sp³-hybridized carbons (Fsp3) is 0.0714. The van der Waals surface area contributed by atoms with E-state index >= 15 is 0 Å². The van der Waals surface area contributed by atoms with Crippen LogP contribution in [0.3, 0.4) is 0 Å². The number of rotatable bonds is 3.